The van der Waals surface area contributed by atoms with Crippen molar-refractivity contribution in [3.63, 3.8) is 0 Å². The molecule has 3 rings (SSSR count). The molecule has 106 valence electrons. The first-order valence-electron chi connectivity index (χ1n) is 6.58. The molecule has 0 radical (unpaired) electrons. The quantitative estimate of drug-likeness (QED) is 0.661. The highest BCUT2D eigenvalue weighted by Crippen LogP contribution is 2.36. The lowest BCUT2D eigenvalue weighted by Crippen LogP contribution is -2.39. The number of nitro groups is 1. The van der Waals surface area contributed by atoms with Crippen molar-refractivity contribution in [2.75, 3.05) is 18.5 Å². The molecule has 1 unspecified atom stereocenters. The molecule has 1 aromatic carbocycles. The molecular weight excluding hydrogens is 260 g/mol. The summed E-state index contributed by atoms with van der Waals surface area (Å²) in [5.41, 5.74) is 6.86. The Kier molecular flexibility index (Phi) is 3.06. The molecule has 2 N–H and O–H groups in total. The fourth-order valence-corrected chi connectivity index (χ4v) is 2.46. The summed E-state index contributed by atoms with van der Waals surface area (Å²) in [6.45, 7) is 0.542. The van der Waals surface area contributed by atoms with Crippen LogP contribution in [-0.2, 0) is 0 Å². The lowest BCUT2D eigenvalue weighted by atomic mass is 10.2. The number of non-ortho nitro benzene ring substituents is 1. The van der Waals surface area contributed by atoms with Crippen LogP contribution in [0.4, 0.5) is 11.7 Å². The van der Waals surface area contributed by atoms with E-state index in [1.165, 1.54) is 25.0 Å². The first-order chi connectivity index (χ1) is 9.60. The second-order valence-electron chi connectivity index (χ2n) is 5.16. The van der Waals surface area contributed by atoms with Crippen LogP contribution in [0.5, 0.6) is 0 Å². The van der Waals surface area contributed by atoms with Crippen LogP contribution >= 0.6 is 0 Å². The maximum Gasteiger partial charge on any atom is 0.298 e. The van der Waals surface area contributed by atoms with Crippen LogP contribution in [-0.4, -0.2) is 29.5 Å². The Balaban J connectivity index is 1.93. The predicted octanol–water partition coefficient (Wildman–Crippen LogP) is 1.91. The number of benzene rings is 1. The number of likely N-dealkylation sites (N-methyl/N-ethyl adjacent to an activating group) is 1. The van der Waals surface area contributed by atoms with Gasteiger partial charge in [0.15, 0.2) is 5.58 Å². The average Bonchev–Trinajstić information content (AvgIpc) is 3.16. The Hall–Kier alpha value is -2.15. The Bertz CT molecular complexity index is 650. The number of fused-ring (bicyclic) bond motifs is 1. The normalized spacial score (nSPS) is 16.3. The van der Waals surface area contributed by atoms with E-state index in [2.05, 4.69) is 4.98 Å². The molecule has 0 bridgehead atoms. The molecule has 0 aliphatic heterocycles. The molecule has 0 saturated heterocycles. The van der Waals surface area contributed by atoms with E-state index in [0.717, 1.165) is 0 Å². The number of hydrogen-bond acceptors (Lipinski definition) is 6. The maximum absolute atomic E-state index is 10.8. The van der Waals surface area contributed by atoms with Gasteiger partial charge in [-0.2, -0.15) is 4.98 Å². The van der Waals surface area contributed by atoms with Crippen LogP contribution in [0.2, 0.25) is 0 Å². The number of nitrogens with two attached hydrogens (primary N) is 1. The van der Waals surface area contributed by atoms with Crippen molar-refractivity contribution in [3.05, 3.63) is 28.3 Å². The summed E-state index contributed by atoms with van der Waals surface area (Å²) in [7, 11) is 1.90. The number of nitrogens with zero attached hydrogens (tertiary/aromatic N) is 3. The fraction of sp³-hybridized carbons (Fsp3) is 0.462. The van der Waals surface area contributed by atoms with E-state index < -0.39 is 4.92 Å². The molecule has 1 aliphatic carbocycles. The summed E-state index contributed by atoms with van der Waals surface area (Å²) >= 11 is 0. The molecule has 1 atom stereocenters. The zero-order valence-corrected chi connectivity index (χ0v) is 11.2. The first kappa shape index (κ1) is 12.9. The molecule has 7 heteroatoms. The average molecular weight is 276 g/mol. The largest absolute Gasteiger partial charge is 0.423 e. The van der Waals surface area contributed by atoms with Crippen LogP contribution in [0.15, 0.2) is 22.6 Å². The summed E-state index contributed by atoms with van der Waals surface area (Å²) in [4.78, 5) is 16.6. The van der Waals surface area contributed by atoms with Gasteiger partial charge < -0.3 is 15.1 Å². The van der Waals surface area contributed by atoms with Crippen LogP contribution in [0.3, 0.4) is 0 Å². The highest BCUT2D eigenvalue weighted by atomic mass is 16.6. The second-order valence-corrected chi connectivity index (χ2v) is 5.16. The molecule has 20 heavy (non-hydrogen) atoms. The lowest BCUT2D eigenvalue weighted by Gasteiger charge is -2.25. The van der Waals surface area contributed by atoms with Crippen LogP contribution in [0.1, 0.15) is 12.8 Å². The SMILES string of the molecule is CN(c1nc2cc([N+](=O)[O-])ccc2o1)C(CN)C1CC1. The van der Waals surface area contributed by atoms with Gasteiger partial charge in [0, 0.05) is 31.8 Å². The van der Waals surface area contributed by atoms with E-state index in [0.29, 0.717) is 29.6 Å². The smallest absolute Gasteiger partial charge is 0.298 e. The van der Waals surface area contributed by atoms with Gasteiger partial charge in [-0.1, -0.05) is 0 Å². The van der Waals surface area contributed by atoms with E-state index in [1.807, 2.05) is 11.9 Å². The Morgan fingerprint density at radius 1 is 1.60 bits per heavy atom. The van der Waals surface area contributed by atoms with Crippen LogP contribution in [0, 0.1) is 16.0 Å². The van der Waals surface area contributed by atoms with E-state index >= 15 is 0 Å². The first-order valence-corrected chi connectivity index (χ1v) is 6.58. The van der Waals surface area contributed by atoms with Gasteiger partial charge in [-0.25, -0.2) is 0 Å². The zero-order valence-electron chi connectivity index (χ0n) is 11.2. The van der Waals surface area contributed by atoms with Gasteiger partial charge in [0.25, 0.3) is 11.7 Å². The van der Waals surface area contributed by atoms with Crippen molar-refractivity contribution in [2.45, 2.75) is 18.9 Å². The fourth-order valence-electron chi connectivity index (χ4n) is 2.46. The second kappa shape index (κ2) is 4.75. The minimum absolute atomic E-state index is 0.0116. The van der Waals surface area contributed by atoms with Crippen LogP contribution < -0.4 is 10.6 Å². The molecule has 0 spiro atoms. The molecule has 1 aliphatic rings. The van der Waals surface area contributed by atoms with Crippen molar-refractivity contribution in [1.29, 1.82) is 0 Å². The number of oxazole rings is 1. The third kappa shape index (κ3) is 2.20. The number of anilines is 1. The summed E-state index contributed by atoms with van der Waals surface area (Å²) in [6.07, 6.45) is 2.36. The third-order valence-corrected chi connectivity index (χ3v) is 3.78. The predicted molar refractivity (Wildman–Crippen MR) is 74.6 cm³/mol. The molecule has 2 aromatic rings. The van der Waals surface area contributed by atoms with Gasteiger partial charge in [-0.3, -0.25) is 10.1 Å². The van der Waals surface area contributed by atoms with Gasteiger partial charge in [-0.15, -0.1) is 0 Å². The van der Waals surface area contributed by atoms with Gasteiger partial charge in [0.1, 0.15) is 5.52 Å². The maximum atomic E-state index is 10.8. The number of rotatable bonds is 5. The monoisotopic (exact) mass is 276 g/mol. The molecule has 1 aromatic heterocycles. The van der Waals surface area contributed by atoms with E-state index in [-0.39, 0.29) is 11.7 Å². The molecule has 1 heterocycles. The standard InChI is InChI=1S/C13H16N4O3/c1-16(11(7-14)8-2-3-8)13-15-10-6-9(17(18)19)4-5-12(10)20-13/h4-6,8,11H,2-3,7,14H2,1H3. The van der Waals surface area contributed by atoms with Crippen molar-refractivity contribution in [2.24, 2.45) is 11.7 Å². The zero-order chi connectivity index (χ0) is 14.3. The number of aromatic nitrogens is 1. The molecule has 0 amide bonds. The Morgan fingerprint density at radius 3 is 2.95 bits per heavy atom. The van der Waals surface area contributed by atoms with Crippen LogP contribution in [0.25, 0.3) is 11.1 Å². The Labute approximate surface area is 115 Å². The van der Waals surface area contributed by atoms with E-state index in [9.17, 15) is 10.1 Å². The minimum Gasteiger partial charge on any atom is -0.423 e. The lowest BCUT2D eigenvalue weighted by molar-refractivity contribution is -0.384. The summed E-state index contributed by atoms with van der Waals surface area (Å²) in [5, 5.41) is 10.8. The van der Waals surface area contributed by atoms with Crippen molar-refractivity contribution >= 4 is 22.8 Å². The highest BCUT2D eigenvalue weighted by molar-refractivity contribution is 5.77. The van der Waals surface area contributed by atoms with Gasteiger partial charge >= 0.3 is 0 Å². The van der Waals surface area contributed by atoms with E-state index in [1.54, 1.807) is 6.07 Å². The minimum atomic E-state index is -0.440. The summed E-state index contributed by atoms with van der Waals surface area (Å²) in [6, 6.07) is 5.08. The van der Waals surface area contributed by atoms with E-state index in [4.69, 9.17) is 10.2 Å². The summed E-state index contributed by atoms with van der Waals surface area (Å²) < 4.78 is 5.66. The number of nitro benzene ring substituents is 1. The van der Waals surface area contributed by atoms with Gasteiger partial charge in [-0.05, 0) is 24.8 Å². The molecule has 7 nitrogen and oxygen atoms in total. The molecule has 1 saturated carbocycles. The third-order valence-electron chi connectivity index (χ3n) is 3.78. The topological polar surface area (TPSA) is 98.4 Å². The van der Waals surface area contributed by atoms with Gasteiger partial charge in [0.05, 0.1) is 4.92 Å². The van der Waals surface area contributed by atoms with Gasteiger partial charge in [0.2, 0.25) is 0 Å². The number of hydrogen-bond donors (Lipinski definition) is 1. The van der Waals surface area contributed by atoms with Crippen molar-refractivity contribution < 1.29 is 9.34 Å². The molecule has 1 fully saturated rings. The highest BCUT2D eigenvalue weighted by Gasteiger charge is 2.34. The summed E-state index contributed by atoms with van der Waals surface area (Å²) in [5.74, 6) is 0.592. The Morgan fingerprint density at radius 2 is 2.35 bits per heavy atom. The van der Waals surface area contributed by atoms with Crippen molar-refractivity contribution in [3.8, 4) is 0 Å². The molecular formula is C13H16N4O3. The van der Waals surface area contributed by atoms with Crippen molar-refractivity contribution in [1.82, 2.24) is 4.98 Å².